The van der Waals surface area contributed by atoms with E-state index in [2.05, 4.69) is 38.2 Å². The first kappa shape index (κ1) is 51.6. The van der Waals surface area contributed by atoms with Gasteiger partial charge in [0.25, 0.3) is 0 Å². The van der Waals surface area contributed by atoms with E-state index in [1.165, 1.54) is 135 Å². The van der Waals surface area contributed by atoms with Crippen molar-refractivity contribution in [2.24, 2.45) is 0 Å². The number of nitrogens with zero attached hydrogens (tertiary/aromatic N) is 1. The summed E-state index contributed by atoms with van der Waals surface area (Å²) in [5.74, 6) is -0.283. The van der Waals surface area contributed by atoms with Crippen molar-refractivity contribution in [1.82, 2.24) is 0 Å². The van der Waals surface area contributed by atoms with Crippen LogP contribution in [-0.4, -0.2) is 69.0 Å². The number of phosphoric ester groups is 1. The zero-order valence-corrected chi connectivity index (χ0v) is 36.1. The molecule has 8 nitrogen and oxygen atoms in total. The van der Waals surface area contributed by atoms with Gasteiger partial charge in [0.15, 0.2) is 6.10 Å². The molecule has 0 bridgehead atoms. The molecule has 2 unspecified atom stereocenters. The first-order valence-corrected chi connectivity index (χ1v) is 23.3. The Balaban J connectivity index is 4.30. The van der Waals surface area contributed by atoms with E-state index < -0.39 is 13.9 Å². The molecular weight excluding hydrogens is 685 g/mol. The number of unbranched alkanes of at least 4 members (excludes halogenated alkanes) is 22. The Labute approximate surface area is 327 Å². The average molecular weight is 771 g/mol. The van der Waals surface area contributed by atoms with E-state index in [4.69, 9.17) is 18.5 Å². The normalized spacial score (nSPS) is 14.1. The highest BCUT2D eigenvalue weighted by Gasteiger charge is 2.25. The maximum absolute atomic E-state index is 12.5. The second-order valence-electron chi connectivity index (χ2n) is 15.8. The number of hydrogen-bond acceptors (Lipinski definition) is 6. The number of quaternary nitrogens is 1. The van der Waals surface area contributed by atoms with E-state index in [9.17, 15) is 14.3 Å². The SMILES string of the molecule is CCCCCC/C=C\CCCCCCCC/C=C\OC(COC(=O)CCCCCCCCC/C=C\CCCCCC)COP(=O)(O)OCC[N+](C)(C)C. The van der Waals surface area contributed by atoms with E-state index in [0.717, 1.165) is 32.1 Å². The predicted molar refractivity (Wildman–Crippen MR) is 224 cm³/mol. The zero-order chi connectivity index (χ0) is 39.1. The first-order valence-electron chi connectivity index (χ1n) is 21.8. The summed E-state index contributed by atoms with van der Waals surface area (Å²) in [5.41, 5.74) is 0. The summed E-state index contributed by atoms with van der Waals surface area (Å²) in [6.45, 7) is 4.87. The third kappa shape index (κ3) is 41.6. The number of likely N-dealkylation sites (N-methyl/N-ethyl adjacent to an activating group) is 1. The lowest BCUT2D eigenvalue weighted by Gasteiger charge is -2.24. The molecule has 0 saturated heterocycles. The Morgan fingerprint density at radius 3 is 1.45 bits per heavy atom. The highest BCUT2D eigenvalue weighted by molar-refractivity contribution is 7.47. The lowest BCUT2D eigenvalue weighted by Crippen LogP contribution is -2.37. The van der Waals surface area contributed by atoms with Gasteiger partial charge in [-0.25, -0.2) is 4.57 Å². The molecule has 9 heteroatoms. The van der Waals surface area contributed by atoms with E-state index >= 15 is 0 Å². The molecule has 0 rings (SSSR count). The van der Waals surface area contributed by atoms with Crippen LogP contribution in [0.3, 0.4) is 0 Å². The summed E-state index contributed by atoms with van der Waals surface area (Å²) in [5, 5.41) is 0. The molecule has 0 aromatic heterocycles. The lowest BCUT2D eigenvalue weighted by molar-refractivity contribution is -0.870. The van der Waals surface area contributed by atoms with Crippen molar-refractivity contribution < 1.29 is 37.3 Å². The van der Waals surface area contributed by atoms with Gasteiger partial charge in [0, 0.05) is 6.42 Å². The van der Waals surface area contributed by atoms with E-state index in [1.54, 1.807) is 6.26 Å². The maximum Gasteiger partial charge on any atom is 0.472 e. The number of hydrogen-bond donors (Lipinski definition) is 1. The highest BCUT2D eigenvalue weighted by atomic mass is 31.2. The molecule has 53 heavy (non-hydrogen) atoms. The van der Waals surface area contributed by atoms with Crippen LogP contribution in [0, 0.1) is 0 Å². The number of phosphoric acid groups is 1. The second-order valence-corrected chi connectivity index (χ2v) is 17.2. The Hall–Kier alpha value is -1.44. The number of rotatable bonds is 40. The van der Waals surface area contributed by atoms with Crippen LogP contribution in [0.25, 0.3) is 0 Å². The minimum atomic E-state index is -4.27. The molecule has 0 radical (unpaired) electrons. The fraction of sp³-hybridized carbons (Fsp3) is 0.841. The Morgan fingerprint density at radius 1 is 0.585 bits per heavy atom. The van der Waals surface area contributed by atoms with Gasteiger partial charge in [-0.3, -0.25) is 13.8 Å². The van der Waals surface area contributed by atoms with Crippen molar-refractivity contribution in [3.8, 4) is 0 Å². The van der Waals surface area contributed by atoms with Crippen LogP contribution >= 0.6 is 7.82 Å². The number of esters is 1. The van der Waals surface area contributed by atoms with Gasteiger partial charge >= 0.3 is 13.8 Å². The Bertz CT molecular complexity index is 947. The summed E-state index contributed by atoms with van der Waals surface area (Å²) in [6.07, 6.45) is 44.2. The number of carbonyl (C=O) groups is 1. The molecule has 0 aliphatic heterocycles. The molecular formula is C44H85NO7P+. The molecule has 0 aromatic rings. The molecule has 312 valence electrons. The fourth-order valence-corrected chi connectivity index (χ4v) is 6.50. The maximum atomic E-state index is 12.5. The molecule has 2 atom stereocenters. The van der Waals surface area contributed by atoms with Gasteiger partial charge in [-0.2, -0.15) is 0 Å². The quantitative estimate of drug-likeness (QED) is 0.0166. The van der Waals surface area contributed by atoms with Gasteiger partial charge in [0.1, 0.15) is 19.8 Å². The van der Waals surface area contributed by atoms with Crippen LogP contribution < -0.4 is 0 Å². The monoisotopic (exact) mass is 771 g/mol. The smallest absolute Gasteiger partial charge is 0.472 e. The molecule has 0 fully saturated rings. The van der Waals surface area contributed by atoms with E-state index in [-0.39, 0.29) is 25.8 Å². The van der Waals surface area contributed by atoms with Crippen molar-refractivity contribution >= 4 is 13.8 Å². The summed E-state index contributed by atoms with van der Waals surface area (Å²) < 4.78 is 34.7. The van der Waals surface area contributed by atoms with Crippen LogP contribution in [0.15, 0.2) is 36.6 Å². The van der Waals surface area contributed by atoms with Gasteiger partial charge in [0.2, 0.25) is 0 Å². The van der Waals surface area contributed by atoms with Crippen LogP contribution in [0.4, 0.5) is 0 Å². The second kappa shape index (κ2) is 37.5. The summed E-state index contributed by atoms with van der Waals surface area (Å²) >= 11 is 0. The minimum absolute atomic E-state index is 0.0523. The van der Waals surface area contributed by atoms with Crippen molar-refractivity contribution in [2.75, 3.05) is 47.5 Å². The third-order valence-electron chi connectivity index (χ3n) is 9.26. The molecule has 0 aliphatic rings. The van der Waals surface area contributed by atoms with Crippen molar-refractivity contribution in [2.45, 2.75) is 193 Å². The van der Waals surface area contributed by atoms with Crippen LogP contribution in [0.5, 0.6) is 0 Å². The Kier molecular flexibility index (Phi) is 36.5. The van der Waals surface area contributed by atoms with Crippen molar-refractivity contribution in [3.05, 3.63) is 36.6 Å². The topological polar surface area (TPSA) is 91.3 Å². The van der Waals surface area contributed by atoms with Crippen molar-refractivity contribution in [3.63, 3.8) is 0 Å². The molecule has 0 amide bonds. The molecule has 0 spiro atoms. The molecule has 0 aliphatic carbocycles. The van der Waals surface area contributed by atoms with E-state index in [1.807, 2.05) is 27.2 Å². The molecule has 0 saturated carbocycles. The minimum Gasteiger partial charge on any atom is -0.492 e. The Morgan fingerprint density at radius 2 is 1.00 bits per heavy atom. The first-order chi connectivity index (χ1) is 25.6. The fourth-order valence-electron chi connectivity index (χ4n) is 5.76. The summed E-state index contributed by atoms with van der Waals surface area (Å²) in [7, 11) is 1.67. The number of carbonyl (C=O) groups excluding carboxylic acids is 1. The molecule has 0 aromatic carbocycles. The third-order valence-corrected chi connectivity index (χ3v) is 10.2. The average Bonchev–Trinajstić information content (AvgIpc) is 3.11. The van der Waals surface area contributed by atoms with Gasteiger partial charge in [-0.1, -0.05) is 134 Å². The van der Waals surface area contributed by atoms with Crippen molar-refractivity contribution in [1.29, 1.82) is 0 Å². The zero-order valence-electron chi connectivity index (χ0n) is 35.3. The van der Waals surface area contributed by atoms with Crippen LogP contribution in [0.2, 0.25) is 0 Å². The van der Waals surface area contributed by atoms with Gasteiger partial charge in [-0.05, 0) is 76.7 Å². The van der Waals surface area contributed by atoms with Crippen LogP contribution in [0.1, 0.15) is 187 Å². The lowest BCUT2D eigenvalue weighted by atomic mass is 10.1. The van der Waals surface area contributed by atoms with E-state index in [0.29, 0.717) is 17.4 Å². The van der Waals surface area contributed by atoms with Crippen LogP contribution in [-0.2, 0) is 27.9 Å². The van der Waals surface area contributed by atoms with Gasteiger partial charge in [0.05, 0.1) is 34.0 Å². The number of allylic oxidation sites excluding steroid dienone is 5. The molecule has 1 N–H and O–H groups in total. The largest absolute Gasteiger partial charge is 0.492 e. The van der Waals surface area contributed by atoms with Gasteiger partial charge in [-0.15, -0.1) is 0 Å². The highest BCUT2D eigenvalue weighted by Crippen LogP contribution is 2.43. The summed E-state index contributed by atoms with van der Waals surface area (Å²) in [6, 6.07) is 0. The van der Waals surface area contributed by atoms with Gasteiger partial charge < -0.3 is 18.9 Å². The summed E-state index contributed by atoms with van der Waals surface area (Å²) in [4.78, 5) is 22.7. The standard InChI is InChI=1S/C44H84NO7P/c1-6-8-10-12-14-16-18-20-22-24-26-28-30-32-34-36-39-49-43(42-52-53(47,48)51-40-38-45(3,4)5)41-50-44(46)37-35-33-31-29-27-25-23-21-19-17-15-13-11-9-7-2/h16-19,36,39,43H,6-15,20-35,37-38,40-42H2,1-5H3/p+1/b18-16-,19-17-,39-36-. The number of ether oxygens (including phenoxy) is 2. The predicted octanol–water partition coefficient (Wildman–Crippen LogP) is 13.0. The molecule has 0 heterocycles.